The second kappa shape index (κ2) is 8.02. The molecule has 0 unspecified atom stereocenters. The summed E-state index contributed by atoms with van der Waals surface area (Å²) in [5, 5.41) is 14.8. The summed E-state index contributed by atoms with van der Waals surface area (Å²) in [6.45, 7) is 2.01. The third-order valence-corrected chi connectivity index (χ3v) is 5.97. The van der Waals surface area contributed by atoms with Gasteiger partial charge in [0.2, 0.25) is 5.91 Å². The van der Waals surface area contributed by atoms with E-state index in [1.54, 1.807) is 29.1 Å². The van der Waals surface area contributed by atoms with Gasteiger partial charge < -0.3 is 5.32 Å². The van der Waals surface area contributed by atoms with Crippen LogP contribution in [0.3, 0.4) is 0 Å². The Hall–Kier alpha value is -3.24. The molecule has 0 aliphatic carbocycles. The number of amides is 1. The highest BCUT2D eigenvalue weighted by atomic mass is 32.2. The highest BCUT2D eigenvalue weighted by molar-refractivity contribution is 7.99. The van der Waals surface area contributed by atoms with E-state index in [0.717, 1.165) is 21.5 Å². The lowest BCUT2D eigenvalue weighted by Gasteiger charge is -2.07. The number of aromatic nitrogens is 3. The van der Waals surface area contributed by atoms with Crippen molar-refractivity contribution in [3.05, 3.63) is 70.5 Å². The van der Waals surface area contributed by atoms with Crippen molar-refractivity contribution in [3.8, 4) is 5.69 Å². The minimum atomic E-state index is -0.443. The fourth-order valence-electron chi connectivity index (χ4n) is 2.70. The summed E-state index contributed by atoms with van der Waals surface area (Å²) in [6, 6.07) is 12.1. The van der Waals surface area contributed by atoms with Gasteiger partial charge in [-0.15, -0.1) is 0 Å². The quantitative estimate of drug-likeness (QED) is 0.278. The number of carbonyl (C=O) groups is 1. The average Bonchev–Trinajstić information content (AvgIpc) is 3.32. The van der Waals surface area contributed by atoms with Crippen LogP contribution in [-0.4, -0.2) is 31.1 Å². The number of anilines is 1. The summed E-state index contributed by atoms with van der Waals surface area (Å²) in [4.78, 5) is 31.4. The zero-order valence-electron chi connectivity index (χ0n) is 15.2. The van der Waals surface area contributed by atoms with Crippen molar-refractivity contribution in [2.75, 3.05) is 11.1 Å². The van der Waals surface area contributed by atoms with Crippen LogP contribution >= 0.6 is 23.1 Å². The number of hydrogen-bond donors (Lipinski definition) is 1. The van der Waals surface area contributed by atoms with Crippen molar-refractivity contribution in [1.82, 2.24) is 14.5 Å². The second-order valence-electron chi connectivity index (χ2n) is 6.18. The molecular weight excluding hydrogens is 410 g/mol. The smallest absolute Gasteiger partial charge is 0.269 e. The molecule has 1 N–H and O–H groups in total. The number of carbonyl (C=O) groups excluding carboxylic acids is 1. The summed E-state index contributed by atoms with van der Waals surface area (Å²) in [5.74, 6) is -0.0112. The van der Waals surface area contributed by atoms with Crippen molar-refractivity contribution < 1.29 is 9.72 Å². The number of rotatable bonds is 6. The Morgan fingerprint density at radius 2 is 2.07 bits per heavy atom. The van der Waals surface area contributed by atoms with Gasteiger partial charge in [-0.2, -0.15) is 0 Å². The van der Waals surface area contributed by atoms with Gasteiger partial charge in [0.1, 0.15) is 0 Å². The normalized spacial score (nSPS) is 10.9. The van der Waals surface area contributed by atoms with Gasteiger partial charge in [0, 0.05) is 30.2 Å². The molecule has 146 valence electrons. The van der Waals surface area contributed by atoms with Crippen LogP contribution in [0.1, 0.15) is 5.56 Å². The Morgan fingerprint density at radius 3 is 2.83 bits per heavy atom. The number of thiazole rings is 1. The van der Waals surface area contributed by atoms with Gasteiger partial charge in [-0.3, -0.25) is 19.5 Å². The van der Waals surface area contributed by atoms with Gasteiger partial charge in [0.05, 0.1) is 20.9 Å². The molecule has 0 bridgehead atoms. The third kappa shape index (κ3) is 4.28. The summed E-state index contributed by atoms with van der Waals surface area (Å²) in [7, 11) is 0. The Balaban J connectivity index is 1.42. The van der Waals surface area contributed by atoms with Gasteiger partial charge in [-0.1, -0.05) is 29.2 Å². The standard InChI is InChI=1S/C19H15N5O3S2/c1-12-2-7-15-16(10-12)29-18(21-15)22-17(25)11-28-19-20-8-9-23(19)13-3-5-14(6-4-13)24(26)27/h2-10H,11H2,1H3,(H,21,22,25). The number of nitro groups is 1. The first-order chi connectivity index (χ1) is 14.0. The van der Waals surface area contributed by atoms with Crippen LogP contribution in [0.2, 0.25) is 0 Å². The minimum Gasteiger partial charge on any atom is -0.301 e. The predicted molar refractivity (Wildman–Crippen MR) is 114 cm³/mol. The fraction of sp³-hybridized carbons (Fsp3) is 0.105. The highest BCUT2D eigenvalue weighted by Gasteiger charge is 2.12. The lowest BCUT2D eigenvalue weighted by molar-refractivity contribution is -0.384. The molecule has 29 heavy (non-hydrogen) atoms. The van der Waals surface area contributed by atoms with Gasteiger partial charge in [-0.05, 0) is 36.8 Å². The Kier molecular flexibility index (Phi) is 5.28. The molecule has 0 fully saturated rings. The molecule has 2 aromatic heterocycles. The Bertz CT molecular complexity index is 1200. The first-order valence-electron chi connectivity index (χ1n) is 8.57. The van der Waals surface area contributed by atoms with Crippen molar-refractivity contribution in [1.29, 1.82) is 0 Å². The first kappa shape index (κ1) is 19.1. The number of non-ortho nitro benzene ring substituents is 1. The molecule has 8 nitrogen and oxygen atoms in total. The molecule has 0 saturated heterocycles. The number of nitrogens with one attached hydrogen (secondary N) is 1. The van der Waals surface area contributed by atoms with E-state index in [9.17, 15) is 14.9 Å². The summed E-state index contributed by atoms with van der Waals surface area (Å²) < 4.78 is 2.81. The Labute approximate surface area is 173 Å². The van der Waals surface area contributed by atoms with Gasteiger partial charge in [-0.25, -0.2) is 9.97 Å². The van der Waals surface area contributed by atoms with E-state index < -0.39 is 4.92 Å². The van der Waals surface area contributed by atoms with Crippen molar-refractivity contribution in [2.45, 2.75) is 12.1 Å². The lowest BCUT2D eigenvalue weighted by Crippen LogP contribution is -2.14. The summed E-state index contributed by atoms with van der Waals surface area (Å²) in [5.41, 5.74) is 2.76. The minimum absolute atomic E-state index is 0.0217. The maximum Gasteiger partial charge on any atom is 0.269 e. The predicted octanol–water partition coefficient (Wildman–Crippen LogP) is 4.43. The van der Waals surface area contributed by atoms with E-state index in [2.05, 4.69) is 15.3 Å². The largest absolute Gasteiger partial charge is 0.301 e. The fourth-order valence-corrected chi connectivity index (χ4v) is 4.45. The van der Waals surface area contributed by atoms with Crippen LogP contribution < -0.4 is 5.32 Å². The van der Waals surface area contributed by atoms with E-state index in [0.29, 0.717) is 10.3 Å². The van der Waals surface area contributed by atoms with Crippen molar-refractivity contribution in [3.63, 3.8) is 0 Å². The van der Waals surface area contributed by atoms with Crippen LogP contribution in [0.5, 0.6) is 0 Å². The topological polar surface area (TPSA) is 103 Å². The van der Waals surface area contributed by atoms with Crippen LogP contribution in [0.15, 0.2) is 60.0 Å². The zero-order chi connectivity index (χ0) is 20.4. The van der Waals surface area contributed by atoms with Crippen molar-refractivity contribution in [2.24, 2.45) is 0 Å². The number of nitro benzene ring substituents is 1. The average molecular weight is 425 g/mol. The summed E-state index contributed by atoms with van der Waals surface area (Å²) >= 11 is 2.72. The van der Waals surface area contributed by atoms with Crippen LogP contribution in [0.4, 0.5) is 10.8 Å². The van der Waals surface area contributed by atoms with E-state index in [4.69, 9.17) is 0 Å². The summed E-state index contributed by atoms with van der Waals surface area (Å²) in [6.07, 6.45) is 3.37. The molecule has 0 saturated carbocycles. The number of nitrogens with zero attached hydrogens (tertiary/aromatic N) is 4. The number of imidazole rings is 1. The molecule has 2 aromatic carbocycles. The second-order valence-corrected chi connectivity index (χ2v) is 8.15. The van der Waals surface area contributed by atoms with E-state index in [1.807, 2.05) is 25.1 Å². The molecule has 4 rings (SSSR count). The van der Waals surface area contributed by atoms with Gasteiger partial charge in [0.25, 0.3) is 5.69 Å². The highest BCUT2D eigenvalue weighted by Crippen LogP contribution is 2.27. The molecule has 0 aliphatic rings. The van der Waals surface area contributed by atoms with Gasteiger partial charge >= 0.3 is 0 Å². The third-order valence-electron chi connectivity index (χ3n) is 4.07. The van der Waals surface area contributed by atoms with Crippen LogP contribution in [-0.2, 0) is 4.79 Å². The first-order valence-corrected chi connectivity index (χ1v) is 10.4. The van der Waals surface area contributed by atoms with Crippen molar-refractivity contribution >= 4 is 50.0 Å². The van der Waals surface area contributed by atoms with Crippen LogP contribution in [0, 0.1) is 17.0 Å². The molecule has 2 heterocycles. The van der Waals surface area contributed by atoms with Gasteiger partial charge in [0.15, 0.2) is 10.3 Å². The maximum absolute atomic E-state index is 12.3. The number of benzene rings is 2. The molecule has 10 heteroatoms. The number of aryl methyl sites for hydroxylation is 1. The van der Waals surface area contributed by atoms with E-state index >= 15 is 0 Å². The monoisotopic (exact) mass is 425 g/mol. The molecule has 0 atom stereocenters. The number of hydrogen-bond acceptors (Lipinski definition) is 7. The van der Waals surface area contributed by atoms with E-state index in [-0.39, 0.29) is 17.3 Å². The van der Waals surface area contributed by atoms with Crippen LogP contribution in [0.25, 0.3) is 15.9 Å². The molecule has 0 radical (unpaired) electrons. The lowest BCUT2D eigenvalue weighted by atomic mass is 10.2. The SMILES string of the molecule is Cc1ccc2nc(NC(=O)CSc3nccn3-c3ccc([N+](=O)[O-])cc3)sc2c1. The number of thioether (sulfide) groups is 1. The Morgan fingerprint density at radius 1 is 1.28 bits per heavy atom. The van der Waals surface area contributed by atoms with E-state index in [1.165, 1.54) is 35.2 Å². The molecule has 0 aliphatic heterocycles. The number of fused-ring (bicyclic) bond motifs is 1. The molecule has 0 spiro atoms. The molecule has 1 amide bonds. The zero-order valence-corrected chi connectivity index (χ0v) is 16.9. The molecular formula is C19H15N5O3S2. The maximum atomic E-state index is 12.3. The molecule has 4 aromatic rings.